The summed E-state index contributed by atoms with van der Waals surface area (Å²) in [6.07, 6.45) is 1.08. The van der Waals surface area contributed by atoms with E-state index >= 15 is 0 Å². The van der Waals surface area contributed by atoms with E-state index in [-0.39, 0.29) is 0 Å². The number of benzene rings is 16. The van der Waals surface area contributed by atoms with Gasteiger partial charge in [-0.15, -0.1) is 0 Å². The molecular weight excluding hydrogens is 1310 g/mol. The summed E-state index contributed by atoms with van der Waals surface area (Å²) in [6.45, 7) is 0. The highest BCUT2D eigenvalue weighted by Gasteiger charge is 2.25. The molecule has 0 atom stereocenters. The highest BCUT2D eigenvalue weighted by molar-refractivity contribution is 6.32. The molecule has 22 rings (SSSR count). The Morgan fingerprint density at radius 3 is 1.20 bits per heavy atom. The lowest BCUT2D eigenvalue weighted by atomic mass is 9.97. The molecular formula is C95H58ClN7O2. The second kappa shape index (κ2) is 25.4. The van der Waals surface area contributed by atoms with Crippen LogP contribution in [0.3, 0.4) is 0 Å². The molecule has 492 valence electrons. The van der Waals surface area contributed by atoms with Gasteiger partial charge in [-0.2, -0.15) is 0 Å². The van der Waals surface area contributed by atoms with Gasteiger partial charge in [0.05, 0.1) is 11.0 Å². The number of hydrogen-bond donors (Lipinski definition) is 0. The van der Waals surface area contributed by atoms with E-state index in [4.69, 9.17) is 50.3 Å². The SMILES string of the molecule is Clc1ccc2c(c1)oc1cc3ccccc3c(-c3nc(-c4ccccc4)nc(-c4ccccc4)n3)c12.c1ccc(-c2nc(-c3ccccc3)nc(-c3c4ccccc4cc4oc5cc(-n6c7ccccc7c7cc8ccccc8cc76)ccc5c34)n2)cc1.c1ccc2c(c1)Cc1cc3ccccc3cc1-2. The molecule has 0 unspecified atom stereocenters. The molecule has 1 aliphatic carbocycles. The first-order valence-corrected chi connectivity index (χ1v) is 35.5. The highest BCUT2D eigenvalue weighted by atomic mass is 35.5. The van der Waals surface area contributed by atoms with Gasteiger partial charge in [0, 0.05) is 88.5 Å². The summed E-state index contributed by atoms with van der Waals surface area (Å²) in [5, 5.41) is 16.3. The van der Waals surface area contributed by atoms with Gasteiger partial charge in [0.15, 0.2) is 34.9 Å². The van der Waals surface area contributed by atoms with Crippen LogP contribution in [0.25, 0.3) is 194 Å². The first kappa shape index (κ1) is 61.2. The second-order valence-electron chi connectivity index (χ2n) is 26.6. The van der Waals surface area contributed by atoms with Gasteiger partial charge in [0.25, 0.3) is 0 Å². The van der Waals surface area contributed by atoms with Crippen molar-refractivity contribution >= 4 is 120 Å². The van der Waals surface area contributed by atoms with Crippen molar-refractivity contribution in [1.82, 2.24) is 34.5 Å². The molecule has 5 aromatic heterocycles. The van der Waals surface area contributed by atoms with Crippen LogP contribution in [0.1, 0.15) is 11.1 Å². The Morgan fingerprint density at radius 2 is 0.667 bits per heavy atom. The van der Waals surface area contributed by atoms with E-state index in [2.05, 4.69) is 193 Å². The molecule has 0 saturated carbocycles. The molecule has 0 N–H and O–H groups in total. The lowest BCUT2D eigenvalue weighted by Gasteiger charge is -2.12. The van der Waals surface area contributed by atoms with E-state index in [1.54, 1.807) is 0 Å². The van der Waals surface area contributed by atoms with Crippen molar-refractivity contribution in [2.75, 3.05) is 0 Å². The second-order valence-corrected chi connectivity index (χ2v) is 27.0. The van der Waals surface area contributed by atoms with Crippen molar-refractivity contribution < 1.29 is 8.83 Å². The van der Waals surface area contributed by atoms with Gasteiger partial charge in [-0.05, 0) is 132 Å². The standard InChI is InChI=1S/C47H28N4O.C31H18ClN3O.C17H12/c1-3-13-29(14-4-1)45-48-46(30-15-5-2-6-16-30)50-47(49-45)44-35-20-10-9-19-33(35)27-42-43(44)37-24-23-34(28-41(37)52-42)51-39-22-12-11-21-36(39)38-25-31-17-7-8-18-32(31)26-40(38)51;32-22-15-16-24-25(18-22)36-26-17-21-13-7-8-14-23(21)28(27(24)26)31-34-29(19-9-3-1-4-10-19)33-30(35-31)20-11-5-2-6-12-20;1-2-6-13-11-17-15(9-12(13)5-1)10-14-7-3-4-8-16(14)17/h1-28H;1-18H;1-9,11H,10H2. The van der Waals surface area contributed by atoms with E-state index in [9.17, 15) is 0 Å². The molecule has 21 aromatic rings. The zero-order chi connectivity index (χ0) is 69.5. The minimum absolute atomic E-state index is 0.599. The van der Waals surface area contributed by atoms with Crippen LogP contribution < -0.4 is 0 Å². The molecule has 105 heavy (non-hydrogen) atoms. The first-order valence-electron chi connectivity index (χ1n) is 35.1. The zero-order valence-corrected chi connectivity index (χ0v) is 57.1. The smallest absolute Gasteiger partial charge is 0.165 e. The number of halogens is 1. The fourth-order valence-corrected chi connectivity index (χ4v) is 15.5. The molecule has 10 heteroatoms. The van der Waals surface area contributed by atoms with Crippen LogP contribution in [0.5, 0.6) is 0 Å². The normalized spacial score (nSPS) is 11.8. The monoisotopic (exact) mass is 1360 g/mol. The molecule has 0 fully saturated rings. The molecule has 0 radical (unpaired) electrons. The fraction of sp³-hybridized carbons (Fsp3) is 0.0105. The van der Waals surface area contributed by atoms with Crippen LogP contribution >= 0.6 is 11.6 Å². The van der Waals surface area contributed by atoms with Crippen molar-refractivity contribution in [1.29, 1.82) is 0 Å². The third kappa shape index (κ3) is 10.9. The Morgan fingerprint density at radius 1 is 0.257 bits per heavy atom. The summed E-state index contributed by atoms with van der Waals surface area (Å²) in [6, 6.07) is 117. The Labute approximate surface area is 607 Å². The number of aromatic nitrogens is 7. The van der Waals surface area contributed by atoms with Crippen LogP contribution in [-0.4, -0.2) is 34.5 Å². The number of para-hydroxylation sites is 1. The molecule has 0 amide bonds. The van der Waals surface area contributed by atoms with Gasteiger partial charge in [-0.1, -0.05) is 279 Å². The fourth-order valence-electron chi connectivity index (χ4n) is 15.4. The lowest BCUT2D eigenvalue weighted by molar-refractivity contribution is 0.669. The van der Waals surface area contributed by atoms with E-state index in [1.165, 1.54) is 54.6 Å². The van der Waals surface area contributed by atoms with Gasteiger partial charge in [-0.25, -0.2) is 29.9 Å². The third-order valence-electron chi connectivity index (χ3n) is 20.2. The van der Waals surface area contributed by atoms with Crippen molar-refractivity contribution in [2.24, 2.45) is 0 Å². The Balaban J connectivity index is 0.000000118. The highest BCUT2D eigenvalue weighted by Crippen LogP contribution is 2.46. The number of furan rings is 2. The van der Waals surface area contributed by atoms with E-state index in [0.717, 1.165) is 122 Å². The molecule has 1 aliphatic rings. The Bertz CT molecular complexity index is 6900. The van der Waals surface area contributed by atoms with Crippen molar-refractivity contribution in [2.45, 2.75) is 6.42 Å². The number of rotatable bonds is 7. The number of nitrogens with zero attached hydrogens (tertiary/aromatic N) is 7. The quantitative estimate of drug-likeness (QED) is 0.155. The predicted octanol–water partition coefficient (Wildman–Crippen LogP) is 25.2. The minimum Gasteiger partial charge on any atom is -0.456 e. The van der Waals surface area contributed by atoms with Gasteiger partial charge in [0.2, 0.25) is 0 Å². The average molecular weight is 1370 g/mol. The van der Waals surface area contributed by atoms with Crippen molar-refractivity contribution in [3.8, 4) is 85.1 Å². The number of fused-ring (bicyclic) bond motifs is 16. The Hall–Kier alpha value is -13.7. The average Bonchev–Trinajstić information content (AvgIpc) is 1.66. The van der Waals surface area contributed by atoms with Crippen LogP contribution in [-0.2, 0) is 6.42 Å². The summed E-state index contributed by atoms with van der Waals surface area (Å²) in [5.74, 6) is 3.70. The van der Waals surface area contributed by atoms with Gasteiger partial charge in [0.1, 0.15) is 22.3 Å². The summed E-state index contributed by atoms with van der Waals surface area (Å²) >= 11 is 6.29. The van der Waals surface area contributed by atoms with E-state index < -0.39 is 0 Å². The van der Waals surface area contributed by atoms with E-state index in [0.29, 0.717) is 40.0 Å². The number of hydrogen-bond acceptors (Lipinski definition) is 8. The first-order chi connectivity index (χ1) is 51.9. The summed E-state index contributed by atoms with van der Waals surface area (Å²) in [5.41, 5.74) is 17.8. The predicted molar refractivity (Wildman–Crippen MR) is 431 cm³/mol. The van der Waals surface area contributed by atoms with Crippen molar-refractivity contribution in [3.63, 3.8) is 0 Å². The molecule has 0 aliphatic heterocycles. The van der Waals surface area contributed by atoms with Crippen molar-refractivity contribution in [3.05, 3.63) is 356 Å². The maximum absolute atomic E-state index is 6.80. The van der Waals surface area contributed by atoms with E-state index in [1.807, 2.05) is 152 Å². The van der Waals surface area contributed by atoms with Gasteiger partial charge < -0.3 is 13.4 Å². The molecule has 0 spiro atoms. The van der Waals surface area contributed by atoms with Gasteiger partial charge in [-0.3, -0.25) is 0 Å². The largest absolute Gasteiger partial charge is 0.456 e. The lowest BCUT2D eigenvalue weighted by Crippen LogP contribution is -2.01. The molecule has 9 nitrogen and oxygen atoms in total. The molecule has 16 aromatic carbocycles. The van der Waals surface area contributed by atoms with Crippen LogP contribution in [0.2, 0.25) is 5.02 Å². The van der Waals surface area contributed by atoms with Crippen LogP contribution in [0, 0.1) is 0 Å². The minimum atomic E-state index is 0.599. The molecule has 5 heterocycles. The van der Waals surface area contributed by atoms with Gasteiger partial charge >= 0.3 is 0 Å². The maximum atomic E-state index is 6.80. The van der Waals surface area contributed by atoms with Crippen LogP contribution in [0.15, 0.2) is 349 Å². The zero-order valence-electron chi connectivity index (χ0n) is 56.4. The maximum Gasteiger partial charge on any atom is 0.165 e. The summed E-state index contributed by atoms with van der Waals surface area (Å²) in [7, 11) is 0. The summed E-state index contributed by atoms with van der Waals surface area (Å²) in [4.78, 5) is 30.2. The topological polar surface area (TPSA) is 109 Å². The third-order valence-corrected chi connectivity index (χ3v) is 20.5. The molecule has 0 bridgehead atoms. The van der Waals surface area contributed by atoms with Crippen LogP contribution in [0.4, 0.5) is 0 Å². The Kier molecular flexibility index (Phi) is 14.8. The summed E-state index contributed by atoms with van der Waals surface area (Å²) < 4.78 is 15.4. The molecule has 0 saturated heterocycles.